The molecular weight excluding hydrogens is 447 g/mol. The van der Waals surface area contributed by atoms with Crippen molar-refractivity contribution in [3.63, 3.8) is 0 Å². The summed E-state index contributed by atoms with van der Waals surface area (Å²) < 4.78 is 15.1. The fourth-order valence-electron chi connectivity index (χ4n) is 4.83. The Bertz CT molecular complexity index is 1210. The summed E-state index contributed by atoms with van der Waals surface area (Å²) in [4.78, 5) is 36.1. The second kappa shape index (κ2) is 10.0. The SMILES string of the molecule is Cn1c(CN2CCN(C(=O)NCc3ccc(F)cc3)CC2)nc2cc(C(=O)N3CCCC3)ccc21. The number of aromatic nitrogens is 2. The number of hydrogen-bond acceptors (Lipinski definition) is 4. The number of rotatable bonds is 5. The Morgan fingerprint density at radius 2 is 1.66 bits per heavy atom. The van der Waals surface area contributed by atoms with Crippen molar-refractivity contribution in [3.8, 4) is 0 Å². The molecule has 2 aliphatic rings. The van der Waals surface area contributed by atoms with Crippen molar-refractivity contribution in [1.29, 1.82) is 0 Å². The van der Waals surface area contributed by atoms with Crippen molar-refractivity contribution in [2.24, 2.45) is 7.05 Å². The molecule has 0 radical (unpaired) electrons. The Kier molecular flexibility index (Phi) is 6.68. The van der Waals surface area contributed by atoms with E-state index < -0.39 is 0 Å². The first-order valence-corrected chi connectivity index (χ1v) is 12.2. The Labute approximate surface area is 204 Å². The number of halogens is 1. The van der Waals surface area contributed by atoms with Crippen molar-refractivity contribution in [2.45, 2.75) is 25.9 Å². The molecule has 3 amide bonds. The molecule has 184 valence electrons. The lowest BCUT2D eigenvalue weighted by Crippen LogP contribution is -2.51. The second-order valence-corrected chi connectivity index (χ2v) is 9.34. The summed E-state index contributed by atoms with van der Waals surface area (Å²) >= 11 is 0. The Hall–Kier alpha value is -3.46. The average molecular weight is 479 g/mol. The first kappa shape index (κ1) is 23.3. The number of hydrogen-bond donors (Lipinski definition) is 1. The normalized spacial score (nSPS) is 16.7. The summed E-state index contributed by atoms with van der Waals surface area (Å²) in [6.07, 6.45) is 2.15. The van der Waals surface area contributed by atoms with Gasteiger partial charge in [-0.25, -0.2) is 14.2 Å². The monoisotopic (exact) mass is 478 g/mol. The van der Waals surface area contributed by atoms with Crippen molar-refractivity contribution in [2.75, 3.05) is 39.3 Å². The standard InChI is InChI=1S/C26H31FN6O2/c1-30-23-9-6-20(25(34)32-10-2-3-11-32)16-22(23)29-24(30)18-31-12-14-33(15-13-31)26(35)28-17-19-4-7-21(27)8-5-19/h4-9,16H,2-3,10-15,17-18H2,1H3,(H,28,35). The molecule has 2 aliphatic heterocycles. The zero-order chi connectivity index (χ0) is 24.4. The number of aryl methyl sites for hydroxylation is 1. The van der Waals surface area contributed by atoms with Gasteiger partial charge in [-0.3, -0.25) is 9.69 Å². The Balaban J connectivity index is 1.16. The lowest BCUT2D eigenvalue weighted by molar-refractivity contribution is 0.0793. The highest BCUT2D eigenvalue weighted by Crippen LogP contribution is 2.21. The largest absolute Gasteiger partial charge is 0.339 e. The van der Waals surface area contributed by atoms with Gasteiger partial charge in [-0.15, -0.1) is 0 Å². The maximum absolute atomic E-state index is 13.0. The predicted molar refractivity (Wildman–Crippen MR) is 131 cm³/mol. The minimum atomic E-state index is -0.284. The molecule has 35 heavy (non-hydrogen) atoms. The molecule has 0 saturated carbocycles. The van der Waals surface area contributed by atoms with Crippen LogP contribution >= 0.6 is 0 Å². The van der Waals surface area contributed by atoms with Crippen LogP contribution in [0, 0.1) is 5.82 Å². The van der Waals surface area contributed by atoms with Gasteiger partial charge in [-0.2, -0.15) is 0 Å². The number of urea groups is 1. The van der Waals surface area contributed by atoms with Crippen LogP contribution in [-0.2, 0) is 20.1 Å². The Morgan fingerprint density at radius 1 is 0.943 bits per heavy atom. The summed E-state index contributed by atoms with van der Waals surface area (Å²) in [6.45, 7) is 5.51. The average Bonchev–Trinajstić information content (AvgIpc) is 3.52. The van der Waals surface area contributed by atoms with Gasteiger partial charge in [0, 0.05) is 58.4 Å². The molecule has 1 N–H and O–H groups in total. The van der Waals surface area contributed by atoms with Crippen LogP contribution in [0.4, 0.5) is 9.18 Å². The molecule has 2 saturated heterocycles. The summed E-state index contributed by atoms with van der Waals surface area (Å²) in [5, 5.41) is 2.91. The topological polar surface area (TPSA) is 73.7 Å². The van der Waals surface area contributed by atoms with Gasteiger partial charge in [0.2, 0.25) is 0 Å². The minimum absolute atomic E-state index is 0.0884. The fourth-order valence-corrected chi connectivity index (χ4v) is 4.83. The molecule has 9 heteroatoms. The number of carbonyl (C=O) groups excluding carboxylic acids is 2. The van der Waals surface area contributed by atoms with Crippen molar-refractivity contribution in [1.82, 2.24) is 29.6 Å². The van der Waals surface area contributed by atoms with Crippen LogP contribution in [0.1, 0.15) is 34.6 Å². The molecule has 8 nitrogen and oxygen atoms in total. The maximum Gasteiger partial charge on any atom is 0.317 e. The highest BCUT2D eigenvalue weighted by molar-refractivity contribution is 5.97. The predicted octanol–water partition coefficient (Wildman–Crippen LogP) is 2.98. The first-order valence-electron chi connectivity index (χ1n) is 12.2. The number of amides is 3. The van der Waals surface area contributed by atoms with Crippen molar-refractivity contribution >= 4 is 23.0 Å². The molecule has 0 unspecified atom stereocenters. The van der Waals surface area contributed by atoms with E-state index in [0.29, 0.717) is 31.7 Å². The number of benzene rings is 2. The minimum Gasteiger partial charge on any atom is -0.339 e. The van der Waals surface area contributed by atoms with Crippen molar-refractivity contribution < 1.29 is 14.0 Å². The molecule has 5 rings (SSSR count). The van der Waals surface area contributed by atoms with Gasteiger partial charge in [0.05, 0.1) is 17.6 Å². The Morgan fingerprint density at radius 3 is 2.37 bits per heavy atom. The molecule has 3 heterocycles. The van der Waals surface area contributed by atoms with Gasteiger partial charge in [0.25, 0.3) is 5.91 Å². The van der Waals surface area contributed by atoms with Crippen LogP contribution in [0.25, 0.3) is 11.0 Å². The fraction of sp³-hybridized carbons (Fsp3) is 0.423. The van der Waals surface area contributed by atoms with Gasteiger partial charge in [0.1, 0.15) is 11.6 Å². The summed E-state index contributed by atoms with van der Waals surface area (Å²) in [6, 6.07) is 11.8. The van der Waals surface area contributed by atoms with E-state index in [0.717, 1.165) is 61.4 Å². The van der Waals surface area contributed by atoms with Gasteiger partial charge < -0.3 is 19.7 Å². The third-order valence-electron chi connectivity index (χ3n) is 7.00. The van der Waals surface area contributed by atoms with Gasteiger partial charge in [-0.05, 0) is 48.7 Å². The van der Waals surface area contributed by atoms with Crippen LogP contribution < -0.4 is 5.32 Å². The molecule has 0 aliphatic carbocycles. The maximum atomic E-state index is 13.0. The van der Waals surface area contributed by atoms with E-state index in [1.165, 1.54) is 12.1 Å². The highest BCUT2D eigenvalue weighted by atomic mass is 19.1. The van der Waals surface area contributed by atoms with Gasteiger partial charge in [-0.1, -0.05) is 12.1 Å². The van der Waals surface area contributed by atoms with Crippen LogP contribution in [0.3, 0.4) is 0 Å². The summed E-state index contributed by atoms with van der Waals surface area (Å²) in [5.41, 5.74) is 3.41. The summed E-state index contributed by atoms with van der Waals surface area (Å²) in [7, 11) is 2.01. The van der Waals surface area contributed by atoms with E-state index >= 15 is 0 Å². The third kappa shape index (κ3) is 5.14. The van der Waals surface area contributed by atoms with Crippen LogP contribution in [-0.4, -0.2) is 75.5 Å². The number of fused-ring (bicyclic) bond motifs is 1. The molecular formula is C26H31FN6O2. The van der Waals surface area contributed by atoms with Gasteiger partial charge >= 0.3 is 6.03 Å². The number of piperazine rings is 1. The van der Waals surface area contributed by atoms with E-state index in [1.54, 1.807) is 12.1 Å². The van der Waals surface area contributed by atoms with E-state index in [9.17, 15) is 14.0 Å². The number of nitrogens with one attached hydrogen (secondary N) is 1. The van der Waals surface area contributed by atoms with Crippen molar-refractivity contribution in [3.05, 3.63) is 65.2 Å². The third-order valence-corrected chi connectivity index (χ3v) is 7.00. The number of likely N-dealkylation sites (tertiary alicyclic amines) is 1. The van der Waals surface area contributed by atoms with Crippen LogP contribution in [0.2, 0.25) is 0 Å². The molecule has 0 atom stereocenters. The van der Waals surface area contributed by atoms with Gasteiger partial charge in [0.15, 0.2) is 0 Å². The summed E-state index contributed by atoms with van der Waals surface area (Å²) in [5.74, 6) is 0.748. The highest BCUT2D eigenvalue weighted by Gasteiger charge is 2.23. The van der Waals surface area contributed by atoms with E-state index in [4.69, 9.17) is 4.98 Å². The number of carbonyl (C=O) groups is 2. The first-order chi connectivity index (χ1) is 17.0. The van der Waals surface area contributed by atoms with E-state index in [1.807, 2.05) is 35.0 Å². The number of imidazole rings is 1. The molecule has 0 bridgehead atoms. The zero-order valence-corrected chi connectivity index (χ0v) is 20.0. The molecule has 3 aromatic rings. The number of nitrogens with zero attached hydrogens (tertiary/aromatic N) is 5. The van der Waals surface area contributed by atoms with E-state index in [2.05, 4.69) is 14.8 Å². The molecule has 1 aromatic heterocycles. The molecule has 2 aromatic carbocycles. The lowest BCUT2D eigenvalue weighted by Gasteiger charge is -2.34. The van der Waals surface area contributed by atoms with Crippen LogP contribution in [0.15, 0.2) is 42.5 Å². The smallest absolute Gasteiger partial charge is 0.317 e. The quantitative estimate of drug-likeness (QED) is 0.612. The zero-order valence-electron chi connectivity index (χ0n) is 20.0. The molecule has 0 spiro atoms. The lowest BCUT2D eigenvalue weighted by atomic mass is 10.2. The van der Waals surface area contributed by atoms with Crippen LogP contribution in [0.5, 0.6) is 0 Å². The second-order valence-electron chi connectivity index (χ2n) is 9.34. The molecule has 2 fully saturated rings. The van der Waals surface area contributed by atoms with E-state index in [-0.39, 0.29) is 17.8 Å².